The smallest absolute Gasteiger partial charge is 0.281 e. The highest BCUT2D eigenvalue weighted by Gasteiger charge is 2.31. The van der Waals surface area contributed by atoms with E-state index in [0.717, 1.165) is 11.3 Å². The van der Waals surface area contributed by atoms with E-state index < -0.39 is 0 Å². The number of hydrogen-bond donors (Lipinski definition) is 1. The Morgan fingerprint density at radius 3 is 2.28 bits per heavy atom. The van der Waals surface area contributed by atoms with Crippen LogP contribution < -0.4 is 15.0 Å². The van der Waals surface area contributed by atoms with Gasteiger partial charge < -0.3 is 10.1 Å². The molecule has 0 aliphatic carbocycles. The van der Waals surface area contributed by atoms with Gasteiger partial charge in [0.25, 0.3) is 5.91 Å². The predicted molar refractivity (Wildman–Crippen MR) is 105 cm³/mol. The average molecular weight is 352 g/mol. The third-order valence-corrected chi connectivity index (χ3v) is 4.41. The van der Waals surface area contributed by atoms with Gasteiger partial charge in [0.2, 0.25) is 0 Å². The van der Waals surface area contributed by atoms with Gasteiger partial charge in [-0.3, -0.25) is 9.69 Å². The van der Waals surface area contributed by atoms with Crippen molar-refractivity contribution in [3.05, 3.63) is 65.4 Å². The number of amides is 1. The van der Waals surface area contributed by atoms with Crippen molar-refractivity contribution in [3.8, 4) is 5.75 Å². The number of hydrogen-bond acceptors (Lipinski definition) is 3. The van der Waals surface area contributed by atoms with Gasteiger partial charge in [0.15, 0.2) is 5.11 Å². The quantitative estimate of drug-likeness (QED) is 0.665. The summed E-state index contributed by atoms with van der Waals surface area (Å²) in [5.41, 5.74) is 3.41. The summed E-state index contributed by atoms with van der Waals surface area (Å²) in [5.74, 6) is 1.05. The lowest BCUT2D eigenvalue weighted by molar-refractivity contribution is -0.113. The van der Waals surface area contributed by atoms with E-state index in [1.807, 2.05) is 30.3 Å². The number of benzene rings is 2. The van der Waals surface area contributed by atoms with Crippen LogP contribution in [0.5, 0.6) is 5.75 Å². The molecule has 1 aliphatic rings. The minimum absolute atomic E-state index is 0.164. The summed E-state index contributed by atoms with van der Waals surface area (Å²) < 4.78 is 5.15. The van der Waals surface area contributed by atoms with Crippen LogP contribution in [-0.4, -0.2) is 18.1 Å². The molecule has 5 heteroatoms. The van der Waals surface area contributed by atoms with E-state index in [-0.39, 0.29) is 5.91 Å². The summed E-state index contributed by atoms with van der Waals surface area (Å²) in [6, 6.07) is 15.4. The number of nitrogens with zero attached hydrogens (tertiary/aromatic N) is 1. The van der Waals surface area contributed by atoms with Crippen molar-refractivity contribution in [2.24, 2.45) is 0 Å². The Hall–Kier alpha value is -2.66. The maximum atomic E-state index is 12.7. The fraction of sp³-hybridized carbons (Fsp3) is 0.200. The van der Waals surface area contributed by atoms with Crippen molar-refractivity contribution in [1.29, 1.82) is 0 Å². The van der Waals surface area contributed by atoms with Crippen LogP contribution in [0.4, 0.5) is 5.69 Å². The SMILES string of the molecule is COc1ccc(N2C(=O)/C(=C/c3ccc(C(C)C)cc3)NC2=S)cc1. The molecule has 1 amide bonds. The fourth-order valence-electron chi connectivity index (χ4n) is 2.64. The molecular formula is C20H20N2O2S. The Bertz CT molecular complexity index is 824. The largest absolute Gasteiger partial charge is 0.497 e. The summed E-state index contributed by atoms with van der Waals surface area (Å²) in [4.78, 5) is 14.2. The molecule has 4 nitrogen and oxygen atoms in total. The van der Waals surface area contributed by atoms with E-state index in [1.54, 1.807) is 19.2 Å². The average Bonchev–Trinajstić information content (AvgIpc) is 2.89. The second-order valence-corrected chi connectivity index (χ2v) is 6.53. The van der Waals surface area contributed by atoms with Crippen LogP contribution in [0.15, 0.2) is 54.2 Å². The summed E-state index contributed by atoms with van der Waals surface area (Å²) >= 11 is 5.33. The fourth-order valence-corrected chi connectivity index (χ4v) is 2.94. The standard InChI is InChI=1S/C20H20N2O2S/c1-13(2)15-6-4-14(5-7-15)12-18-19(23)22(20(25)21-18)16-8-10-17(24-3)11-9-16/h4-13H,1-3H3,(H,21,25)/b18-12-. The zero-order valence-electron chi connectivity index (χ0n) is 14.4. The molecule has 2 aromatic rings. The number of carbonyl (C=O) groups is 1. The molecule has 0 saturated carbocycles. The van der Waals surface area contributed by atoms with E-state index in [1.165, 1.54) is 10.5 Å². The zero-order valence-corrected chi connectivity index (χ0v) is 15.3. The topological polar surface area (TPSA) is 41.6 Å². The van der Waals surface area contributed by atoms with Crippen LogP contribution in [-0.2, 0) is 4.79 Å². The second-order valence-electron chi connectivity index (χ2n) is 6.15. The molecule has 25 heavy (non-hydrogen) atoms. The van der Waals surface area contributed by atoms with E-state index in [2.05, 4.69) is 31.3 Å². The lowest BCUT2D eigenvalue weighted by atomic mass is 10.0. The van der Waals surface area contributed by atoms with E-state index in [4.69, 9.17) is 17.0 Å². The van der Waals surface area contributed by atoms with Gasteiger partial charge in [0, 0.05) is 0 Å². The van der Waals surface area contributed by atoms with Gasteiger partial charge in [0.05, 0.1) is 12.8 Å². The first kappa shape index (κ1) is 17.2. The van der Waals surface area contributed by atoms with Gasteiger partial charge in [-0.25, -0.2) is 0 Å². The van der Waals surface area contributed by atoms with Crippen molar-refractivity contribution < 1.29 is 9.53 Å². The third-order valence-electron chi connectivity index (χ3n) is 4.12. The van der Waals surface area contributed by atoms with E-state index in [9.17, 15) is 4.79 Å². The number of carbonyl (C=O) groups excluding carboxylic acids is 1. The van der Waals surface area contributed by atoms with E-state index in [0.29, 0.717) is 22.4 Å². The van der Waals surface area contributed by atoms with Crippen LogP contribution in [0.1, 0.15) is 30.9 Å². The first-order chi connectivity index (χ1) is 12.0. The number of methoxy groups -OCH3 is 1. The second kappa shape index (κ2) is 7.07. The van der Waals surface area contributed by atoms with Gasteiger partial charge in [-0.15, -0.1) is 0 Å². The molecule has 2 aromatic carbocycles. The Kier molecular flexibility index (Phi) is 4.86. The number of nitrogens with one attached hydrogen (secondary N) is 1. The molecule has 1 saturated heterocycles. The highest BCUT2D eigenvalue weighted by atomic mass is 32.1. The minimum atomic E-state index is -0.164. The summed E-state index contributed by atoms with van der Waals surface area (Å²) in [7, 11) is 1.60. The van der Waals surface area contributed by atoms with Crippen LogP contribution in [0, 0.1) is 0 Å². The van der Waals surface area contributed by atoms with Crippen LogP contribution in [0.3, 0.4) is 0 Å². The maximum Gasteiger partial charge on any atom is 0.281 e. The predicted octanol–water partition coefficient (Wildman–Crippen LogP) is 4.08. The number of anilines is 1. The molecule has 0 unspecified atom stereocenters. The number of rotatable bonds is 4. The van der Waals surface area contributed by atoms with Gasteiger partial charge in [-0.1, -0.05) is 38.1 Å². The summed E-state index contributed by atoms with van der Waals surface area (Å²) in [5, 5.41) is 3.38. The number of thiocarbonyl (C=S) groups is 1. The van der Waals surface area contributed by atoms with E-state index >= 15 is 0 Å². The van der Waals surface area contributed by atoms with Gasteiger partial charge in [0.1, 0.15) is 11.4 Å². The highest BCUT2D eigenvalue weighted by Crippen LogP contribution is 2.25. The summed E-state index contributed by atoms with van der Waals surface area (Å²) in [6.07, 6.45) is 1.82. The lowest BCUT2D eigenvalue weighted by Gasteiger charge is -2.14. The molecule has 0 atom stereocenters. The molecule has 1 heterocycles. The van der Waals surface area contributed by atoms with Gasteiger partial charge in [-0.2, -0.15) is 0 Å². The Morgan fingerprint density at radius 2 is 1.72 bits per heavy atom. The molecule has 1 fully saturated rings. The van der Waals surface area contributed by atoms with Crippen molar-refractivity contribution >= 4 is 35.0 Å². The van der Waals surface area contributed by atoms with Crippen molar-refractivity contribution in [2.75, 3.05) is 12.0 Å². The van der Waals surface area contributed by atoms with Crippen LogP contribution >= 0.6 is 12.2 Å². The molecule has 0 aromatic heterocycles. The van der Waals surface area contributed by atoms with Crippen LogP contribution in [0.2, 0.25) is 0 Å². The first-order valence-electron chi connectivity index (χ1n) is 8.10. The molecular weight excluding hydrogens is 332 g/mol. The van der Waals surface area contributed by atoms with Crippen LogP contribution in [0.25, 0.3) is 6.08 Å². The van der Waals surface area contributed by atoms with Crippen molar-refractivity contribution in [3.63, 3.8) is 0 Å². The Labute approximate surface area is 153 Å². The molecule has 0 radical (unpaired) electrons. The molecule has 1 aliphatic heterocycles. The molecule has 0 spiro atoms. The zero-order chi connectivity index (χ0) is 18.0. The van der Waals surface area contributed by atoms with Crippen molar-refractivity contribution in [1.82, 2.24) is 5.32 Å². The molecule has 128 valence electrons. The van der Waals surface area contributed by atoms with Crippen molar-refractivity contribution in [2.45, 2.75) is 19.8 Å². The Balaban J connectivity index is 1.84. The van der Waals surface area contributed by atoms with Gasteiger partial charge >= 0.3 is 0 Å². The lowest BCUT2D eigenvalue weighted by Crippen LogP contribution is -2.30. The molecule has 3 rings (SSSR count). The molecule has 1 N–H and O–H groups in total. The minimum Gasteiger partial charge on any atom is -0.497 e. The summed E-state index contributed by atoms with van der Waals surface area (Å²) in [6.45, 7) is 4.31. The van der Waals surface area contributed by atoms with Gasteiger partial charge in [-0.05, 0) is 59.6 Å². The number of ether oxygens (including phenoxy) is 1. The first-order valence-corrected chi connectivity index (χ1v) is 8.51. The monoisotopic (exact) mass is 352 g/mol. The highest BCUT2D eigenvalue weighted by molar-refractivity contribution is 7.80. The normalized spacial score (nSPS) is 15.8. The molecule has 0 bridgehead atoms. The maximum absolute atomic E-state index is 12.7. The Morgan fingerprint density at radius 1 is 1.08 bits per heavy atom. The third kappa shape index (κ3) is 3.56.